The first-order valence-corrected chi connectivity index (χ1v) is 10.0. The Bertz CT molecular complexity index is 1000. The third-order valence-electron chi connectivity index (χ3n) is 4.19. The summed E-state index contributed by atoms with van der Waals surface area (Å²) in [6.45, 7) is -0.0455. The number of thiazole rings is 1. The molecule has 1 heterocycles. The summed E-state index contributed by atoms with van der Waals surface area (Å²) in [6.07, 6.45) is 0.297. The molecule has 1 amide bonds. The first-order chi connectivity index (χ1) is 14.6. The number of esters is 2. The van der Waals surface area contributed by atoms with E-state index in [4.69, 9.17) is 9.47 Å². The van der Waals surface area contributed by atoms with E-state index in [2.05, 4.69) is 10.3 Å². The van der Waals surface area contributed by atoms with Crippen LogP contribution in [-0.4, -0.2) is 36.0 Å². The average Bonchev–Trinajstić information content (AvgIpc) is 3.27. The molecule has 0 radical (unpaired) electrons. The first-order valence-electron chi connectivity index (χ1n) is 9.16. The van der Waals surface area contributed by atoms with E-state index in [1.165, 1.54) is 18.4 Å². The second-order valence-electron chi connectivity index (χ2n) is 6.31. The van der Waals surface area contributed by atoms with Crippen molar-refractivity contribution in [3.63, 3.8) is 0 Å². The fourth-order valence-corrected chi connectivity index (χ4v) is 3.37. The van der Waals surface area contributed by atoms with Gasteiger partial charge in [0, 0.05) is 11.8 Å². The molecule has 154 valence electrons. The number of amides is 1. The lowest BCUT2D eigenvalue weighted by atomic mass is 10.1. The third kappa shape index (κ3) is 5.74. The van der Waals surface area contributed by atoms with Crippen molar-refractivity contribution in [1.29, 1.82) is 0 Å². The largest absolute Gasteiger partial charge is 0.467 e. The molecule has 1 aromatic heterocycles. The summed E-state index contributed by atoms with van der Waals surface area (Å²) in [5, 5.41) is 4.69. The van der Waals surface area contributed by atoms with Gasteiger partial charge in [-0.1, -0.05) is 48.5 Å². The maximum atomic E-state index is 12.6. The van der Waals surface area contributed by atoms with Gasteiger partial charge in [0.25, 0.3) is 5.91 Å². The number of ether oxygens (including phenoxy) is 2. The highest BCUT2D eigenvalue weighted by atomic mass is 32.1. The molecule has 3 rings (SSSR count). The summed E-state index contributed by atoms with van der Waals surface area (Å²) in [5.41, 5.74) is 1.47. The summed E-state index contributed by atoms with van der Waals surface area (Å²) in [5.74, 6) is -1.51. The van der Waals surface area contributed by atoms with E-state index in [-0.39, 0.29) is 12.3 Å². The highest BCUT2D eigenvalue weighted by Crippen LogP contribution is 2.13. The maximum absolute atomic E-state index is 12.6. The predicted molar refractivity (Wildman–Crippen MR) is 111 cm³/mol. The monoisotopic (exact) mass is 424 g/mol. The van der Waals surface area contributed by atoms with E-state index in [0.717, 1.165) is 5.56 Å². The highest BCUT2D eigenvalue weighted by molar-refractivity contribution is 7.09. The zero-order chi connectivity index (χ0) is 21.3. The molecular formula is C22H20N2O5S. The fourth-order valence-electron chi connectivity index (χ4n) is 2.68. The molecule has 3 aromatic rings. The van der Waals surface area contributed by atoms with E-state index < -0.39 is 23.9 Å². The van der Waals surface area contributed by atoms with Crippen LogP contribution in [0.1, 0.15) is 31.4 Å². The number of aromatic nitrogens is 1. The zero-order valence-corrected chi connectivity index (χ0v) is 17.1. The Morgan fingerprint density at radius 1 is 1.03 bits per heavy atom. The molecule has 0 aliphatic rings. The van der Waals surface area contributed by atoms with Crippen LogP contribution in [0.4, 0.5) is 0 Å². The van der Waals surface area contributed by atoms with Gasteiger partial charge < -0.3 is 14.8 Å². The summed E-state index contributed by atoms with van der Waals surface area (Å²) in [7, 11) is 1.27. The molecule has 0 fully saturated rings. The third-order valence-corrected chi connectivity index (χ3v) is 5.02. The SMILES string of the molecule is COC(=O)C(Cc1ccccc1)NC(=O)c1csc(COC(=O)c2ccccc2)n1. The van der Waals surface area contributed by atoms with Crippen molar-refractivity contribution in [2.45, 2.75) is 19.1 Å². The van der Waals surface area contributed by atoms with Crippen LogP contribution < -0.4 is 5.32 Å². The van der Waals surface area contributed by atoms with Crippen LogP contribution in [-0.2, 0) is 27.3 Å². The number of hydrogen-bond acceptors (Lipinski definition) is 7. The van der Waals surface area contributed by atoms with Crippen LogP contribution in [0.2, 0.25) is 0 Å². The van der Waals surface area contributed by atoms with Crippen molar-refractivity contribution in [3.05, 3.63) is 87.9 Å². The van der Waals surface area contributed by atoms with Gasteiger partial charge in [0.2, 0.25) is 0 Å². The van der Waals surface area contributed by atoms with Crippen molar-refractivity contribution in [3.8, 4) is 0 Å². The molecule has 30 heavy (non-hydrogen) atoms. The van der Waals surface area contributed by atoms with Crippen molar-refractivity contribution in [2.75, 3.05) is 7.11 Å². The molecule has 1 unspecified atom stereocenters. The Morgan fingerprint density at radius 3 is 2.37 bits per heavy atom. The molecule has 0 spiro atoms. The lowest BCUT2D eigenvalue weighted by Crippen LogP contribution is -2.43. The van der Waals surface area contributed by atoms with E-state index in [9.17, 15) is 14.4 Å². The standard InChI is InChI=1S/C22H20N2O5S/c1-28-22(27)17(12-15-8-4-2-5-9-15)24-20(25)18-14-30-19(23-18)13-29-21(26)16-10-6-3-7-11-16/h2-11,14,17H,12-13H2,1H3,(H,24,25). The predicted octanol–water partition coefficient (Wildman–Crippen LogP) is 3.01. The molecule has 8 heteroatoms. The fraction of sp³-hybridized carbons (Fsp3) is 0.182. The van der Waals surface area contributed by atoms with Crippen LogP contribution in [0.25, 0.3) is 0 Å². The average molecular weight is 424 g/mol. The molecule has 0 bridgehead atoms. The Morgan fingerprint density at radius 2 is 1.70 bits per heavy atom. The maximum Gasteiger partial charge on any atom is 0.338 e. The van der Waals surface area contributed by atoms with Crippen molar-refractivity contribution < 1.29 is 23.9 Å². The van der Waals surface area contributed by atoms with E-state index in [0.29, 0.717) is 17.0 Å². The van der Waals surface area contributed by atoms with Gasteiger partial charge in [0.15, 0.2) is 0 Å². The second kappa shape index (κ2) is 10.3. The Kier molecular flexibility index (Phi) is 7.29. The molecule has 1 atom stereocenters. The molecule has 0 saturated carbocycles. The lowest BCUT2D eigenvalue weighted by molar-refractivity contribution is -0.142. The van der Waals surface area contributed by atoms with Crippen LogP contribution in [0.3, 0.4) is 0 Å². The molecular weight excluding hydrogens is 404 g/mol. The van der Waals surface area contributed by atoms with Crippen LogP contribution in [0.5, 0.6) is 0 Å². The second-order valence-corrected chi connectivity index (χ2v) is 7.25. The van der Waals surface area contributed by atoms with Gasteiger partial charge in [0.1, 0.15) is 23.4 Å². The van der Waals surface area contributed by atoms with Crippen LogP contribution in [0, 0.1) is 0 Å². The van der Waals surface area contributed by atoms with Crippen molar-refractivity contribution in [2.24, 2.45) is 0 Å². The van der Waals surface area contributed by atoms with Crippen LogP contribution in [0.15, 0.2) is 66.0 Å². The van der Waals surface area contributed by atoms with Crippen molar-refractivity contribution in [1.82, 2.24) is 10.3 Å². The number of nitrogens with one attached hydrogen (secondary N) is 1. The zero-order valence-electron chi connectivity index (χ0n) is 16.2. The Labute approximate surface area is 177 Å². The topological polar surface area (TPSA) is 94.6 Å². The van der Waals surface area contributed by atoms with Gasteiger partial charge in [-0.25, -0.2) is 14.6 Å². The summed E-state index contributed by atoms with van der Waals surface area (Å²) < 4.78 is 10.0. The summed E-state index contributed by atoms with van der Waals surface area (Å²) >= 11 is 1.19. The number of hydrogen-bond donors (Lipinski definition) is 1. The minimum absolute atomic E-state index is 0.0455. The first kappa shape index (κ1) is 21.2. The molecule has 0 saturated heterocycles. The lowest BCUT2D eigenvalue weighted by Gasteiger charge is -2.16. The van der Waals surface area contributed by atoms with E-state index >= 15 is 0 Å². The number of carbonyl (C=O) groups is 3. The molecule has 2 aromatic carbocycles. The van der Waals surface area contributed by atoms with Gasteiger partial charge in [-0.2, -0.15) is 0 Å². The number of methoxy groups -OCH3 is 1. The normalized spacial score (nSPS) is 11.4. The molecule has 1 N–H and O–H groups in total. The molecule has 0 aliphatic heterocycles. The smallest absolute Gasteiger partial charge is 0.338 e. The highest BCUT2D eigenvalue weighted by Gasteiger charge is 2.24. The Hall–Kier alpha value is -3.52. The van der Waals surface area contributed by atoms with Gasteiger partial charge >= 0.3 is 11.9 Å². The summed E-state index contributed by atoms with van der Waals surface area (Å²) in [4.78, 5) is 40.9. The van der Waals surface area contributed by atoms with Gasteiger partial charge in [-0.15, -0.1) is 11.3 Å². The summed E-state index contributed by atoms with van der Waals surface area (Å²) in [6, 6.07) is 17.1. The number of nitrogens with zero attached hydrogens (tertiary/aromatic N) is 1. The molecule has 7 nitrogen and oxygen atoms in total. The quantitative estimate of drug-likeness (QED) is 0.559. The van der Waals surface area contributed by atoms with Gasteiger partial charge in [0.05, 0.1) is 12.7 Å². The number of carbonyl (C=O) groups excluding carboxylic acids is 3. The van der Waals surface area contributed by atoms with E-state index in [1.807, 2.05) is 36.4 Å². The van der Waals surface area contributed by atoms with Gasteiger partial charge in [-0.05, 0) is 17.7 Å². The Balaban J connectivity index is 1.60. The van der Waals surface area contributed by atoms with Crippen molar-refractivity contribution >= 4 is 29.2 Å². The number of rotatable bonds is 8. The minimum atomic E-state index is -0.842. The minimum Gasteiger partial charge on any atom is -0.467 e. The number of benzene rings is 2. The van der Waals surface area contributed by atoms with E-state index in [1.54, 1.807) is 29.6 Å². The van der Waals surface area contributed by atoms with Crippen LogP contribution >= 0.6 is 11.3 Å². The van der Waals surface area contributed by atoms with Gasteiger partial charge in [-0.3, -0.25) is 4.79 Å². The molecule has 0 aliphatic carbocycles.